The highest BCUT2D eigenvalue weighted by Gasteiger charge is 2.30. The molecule has 1 aliphatic heterocycles. The van der Waals surface area contributed by atoms with E-state index < -0.39 is 0 Å². The Morgan fingerprint density at radius 1 is 1.24 bits per heavy atom. The van der Waals surface area contributed by atoms with E-state index in [9.17, 15) is 4.79 Å². The lowest BCUT2D eigenvalue weighted by Gasteiger charge is -2.26. The second-order valence-corrected chi connectivity index (χ2v) is 6.60. The Balaban J connectivity index is 1.61. The maximum absolute atomic E-state index is 12.5. The van der Waals surface area contributed by atoms with Gasteiger partial charge in [0.2, 0.25) is 5.91 Å². The third kappa shape index (κ3) is 3.58. The van der Waals surface area contributed by atoms with Crippen molar-refractivity contribution in [2.45, 2.75) is 50.6 Å². The van der Waals surface area contributed by atoms with Gasteiger partial charge in [-0.1, -0.05) is 36.6 Å². The lowest BCUT2D eigenvalue weighted by molar-refractivity contribution is -0.131. The summed E-state index contributed by atoms with van der Waals surface area (Å²) in [5.41, 5.74) is 1.16. The van der Waals surface area contributed by atoms with Crippen LogP contribution in [0.25, 0.3) is 0 Å². The molecule has 1 saturated carbocycles. The summed E-state index contributed by atoms with van der Waals surface area (Å²) in [5.74, 6) is 0.226. The first kappa shape index (κ1) is 14.9. The van der Waals surface area contributed by atoms with Crippen molar-refractivity contribution in [3.63, 3.8) is 0 Å². The quantitative estimate of drug-likeness (QED) is 0.923. The van der Waals surface area contributed by atoms with Crippen LogP contribution in [-0.4, -0.2) is 29.9 Å². The van der Waals surface area contributed by atoms with Gasteiger partial charge in [-0.25, -0.2) is 0 Å². The highest BCUT2D eigenvalue weighted by atomic mass is 35.5. The second kappa shape index (κ2) is 6.80. The van der Waals surface area contributed by atoms with Crippen LogP contribution in [0.3, 0.4) is 0 Å². The normalized spacial score (nSPS) is 22.9. The Kier molecular flexibility index (Phi) is 4.81. The summed E-state index contributed by atoms with van der Waals surface area (Å²) in [6, 6.07) is 8.65. The number of halogens is 1. The Morgan fingerprint density at radius 2 is 2.05 bits per heavy atom. The van der Waals surface area contributed by atoms with Gasteiger partial charge < -0.3 is 10.2 Å². The average molecular weight is 307 g/mol. The fraction of sp³-hybridized carbons (Fsp3) is 0.588. The average Bonchev–Trinajstić information content (AvgIpc) is 3.16. The first-order chi connectivity index (χ1) is 10.2. The Bertz CT molecular complexity index is 499. The van der Waals surface area contributed by atoms with Crippen LogP contribution in [0, 0.1) is 0 Å². The monoisotopic (exact) mass is 306 g/mol. The van der Waals surface area contributed by atoms with Crippen LogP contribution in [-0.2, 0) is 4.79 Å². The van der Waals surface area contributed by atoms with Crippen LogP contribution < -0.4 is 5.32 Å². The van der Waals surface area contributed by atoms with Crippen LogP contribution in [0.1, 0.15) is 50.1 Å². The minimum absolute atomic E-state index is 0.196. The van der Waals surface area contributed by atoms with Gasteiger partial charge in [0.05, 0.1) is 12.6 Å². The topological polar surface area (TPSA) is 32.3 Å². The van der Waals surface area contributed by atoms with E-state index in [2.05, 4.69) is 11.4 Å². The number of nitrogens with one attached hydrogen (secondary N) is 1. The van der Waals surface area contributed by atoms with Gasteiger partial charge in [-0.15, -0.1) is 0 Å². The minimum atomic E-state index is 0.196. The third-order valence-corrected chi connectivity index (χ3v) is 4.94. The zero-order chi connectivity index (χ0) is 14.7. The summed E-state index contributed by atoms with van der Waals surface area (Å²) < 4.78 is 0. The highest BCUT2D eigenvalue weighted by Crippen LogP contribution is 2.33. The van der Waals surface area contributed by atoms with Gasteiger partial charge in [-0.3, -0.25) is 4.79 Å². The van der Waals surface area contributed by atoms with Crippen molar-refractivity contribution in [2.75, 3.05) is 13.1 Å². The first-order valence-corrected chi connectivity index (χ1v) is 8.40. The maximum atomic E-state index is 12.5. The molecule has 4 heteroatoms. The van der Waals surface area contributed by atoms with Gasteiger partial charge in [0, 0.05) is 17.6 Å². The summed E-state index contributed by atoms with van der Waals surface area (Å²) in [7, 11) is 0. The van der Waals surface area contributed by atoms with E-state index in [1.807, 2.05) is 23.1 Å². The molecule has 1 saturated heterocycles. The molecule has 1 aliphatic carbocycles. The first-order valence-electron chi connectivity index (χ1n) is 8.02. The molecule has 3 rings (SSSR count). The standard InChI is InChI=1S/C17H23ClN2O/c18-14-6-3-5-13(11-14)16-9-4-10-20(16)17(21)12-19-15-7-1-2-8-15/h3,5-6,11,15-16,19H,1-2,4,7-10,12H2. The molecular formula is C17H23ClN2O. The van der Waals surface area contributed by atoms with Crippen molar-refractivity contribution in [3.8, 4) is 0 Å². The lowest BCUT2D eigenvalue weighted by Crippen LogP contribution is -2.40. The molecule has 1 unspecified atom stereocenters. The number of rotatable bonds is 4. The number of nitrogens with zero attached hydrogens (tertiary/aromatic N) is 1. The number of carbonyl (C=O) groups is 1. The molecule has 2 fully saturated rings. The smallest absolute Gasteiger partial charge is 0.237 e. The highest BCUT2D eigenvalue weighted by molar-refractivity contribution is 6.30. The SMILES string of the molecule is O=C(CNC1CCCC1)N1CCCC1c1cccc(Cl)c1. The number of likely N-dealkylation sites (tertiary alicyclic amines) is 1. The van der Waals surface area contributed by atoms with E-state index in [0.717, 1.165) is 30.0 Å². The number of hydrogen-bond acceptors (Lipinski definition) is 2. The van der Waals surface area contributed by atoms with E-state index in [1.54, 1.807) is 0 Å². The zero-order valence-electron chi connectivity index (χ0n) is 12.4. The zero-order valence-corrected chi connectivity index (χ0v) is 13.1. The Hall–Kier alpha value is -1.06. The molecule has 1 aromatic carbocycles. The van der Waals surface area contributed by atoms with E-state index >= 15 is 0 Å². The number of hydrogen-bond donors (Lipinski definition) is 1. The lowest BCUT2D eigenvalue weighted by atomic mass is 10.0. The number of amides is 1. The molecule has 0 spiro atoms. The maximum Gasteiger partial charge on any atom is 0.237 e. The van der Waals surface area contributed by atoms with E-state index in [1.165, 1.54) is 25.7 Å². The molecule has 3 nitrogen and oxygen atoms in total. The fourth-order valence-corrected chi connectivity index (χ4v) is 3.79. The van der Waals surface area contributed by atoms with Crippen molar-refractivity contribution >= 4 is 17.5 Å². The molecule has 0 aromatic heterocycles. The summed E-state index contributed by atoms with van der Waals surface area (Å²) in [6.45, 7) is 1.34. The van der Waals surface area contributed by atoms with E-state index in [0.29, 0.717) is 12.6 Å². The molecular weight excluding hydrogens is 284 g/mol. The van der Waals surface area contributed by atoms with Gasteiger partial charge in [0.25, 0.3) is 0 Å². The summed E-state index contributed by atoms with van der Waals surface area (Å²) in [4.78, 5) is 14.5. The van der Waals surface area contributed by atoms with Gasteiger partial charge in [0.15, 0.2) is 0 Å². The second-order valence-electron chi connectivity index (χ2n) is 6.16. The van der Waals surface area contributed by atoms with Crippen molar-refractivity contribution in [1.82, 2.24) is 10.2 Å². The van der Waals surface area contributed by atoms with Crippen molar-refractivity contribution < 1.29 is 4.79 Å². The van der Waals surface area contributed by atoms with Gasteiger partial charge in [0.1, 0.15) is 0 Å². The predicted octanol–water partition coefficient (Wildman–Crippen LogP) is 3.54. The van der Waals surface area contributed by atoms with Crippen LogP contribution >= 0.6 is 11.6 Å². The Morgan fingerprint density at radius 3 is 2.81 bits per heavy atom. The molecule has 1 amide bonds. The fourth-order valence-electron chi connectivity index (χ4n) is 3.59. The van der Waals surface area contributed by atoms with Crippen LogP contribution in [0.5, 0.6) is 0 Å². The largest absolute Gasteiger partial charge is 0.335 e. The van der Waals surface area contributed by atoms with Crippen LogP contribution in [0.2, 0.25) is 5.02 Å². The number of carbonyl (C=O) groups excluding carboxylic acids is 1. The molecule has 1 heterocycles. The van der Waals surface area contributed by atoms with Crippen LogP contribution in [0.15, 0.2) is 24.3 Å². The van der Waals surface area contributed by atoms with Crippen molar-refractivity contribution in [3.05, 3.63) is 34.9 Å². The van der Waals surface area contributed by atoms with Gasteiger partial charge in [-0.05, 0) is 43.4 Å². The number of benzene rings is 1. The summed E-state index contributed by atoms with van der Waals surface area (Å²) in [6.07, 6.45) is 7.12. The van der Waals surface area contributed by atoms with Gasteiger partial charge >= 0.3 is 0 Å². The molecule has 0 bridgehead atoms. The molecule has 0 radical (unpaired) electrons. The van der Waals surface area contributed by atoms with Crippen LogP contribution in [0.4, 0.5) is 0 Å². The van der Waals surface area contributed by atoms with Crippen molar-refractivity contribution in [1.29, 1.82) is 0 Å². The molecule has 1 atom stereocenters. The van der Waals surface area contributed by atoms with E-state index in [-0.39, 0.29) is 11.9 Å². The Labute approximate surface area is 131 Å². The minimum Gasteiger partial charge on any atom is -0.335 e. The molecule has 114 valence electrons. The molecule has 1 aromatic rings. The predicted molar refractivity (Wildman–Crippen MR) is 85.4 cm³/mol. The van der Waals surface area contributed by atoms with Gasteiger partial charge in [-0.2, -0.15) is 0 Å². The molecule has 21 heavy (non-hydrogen) atoms. The van der Waals surface area contributed by atoms with E-state index in [4.69, 9.17) is 11.6 Å². The van der Waals surface area contributed by atoms with Crippen molar-refractivity contribution in [2.24, 2.45) is 0 Å². The third-order valence-electron chi connectivity index (χ3n) is 4.70. The summed E-state index contributed by atoms with van der Waals surface area (Å²) >= 11 is 6.08. The summed E-state index contributed by atoms with van der Waals surface area (Å²) in [5, 5.41) is 4.17. The molecule has 1 N–H and O–H groups in total. The molecule has 2 aliphatic rings.